The molecule has 170 valence electrons. The summed E-state index contributed by atoms with van der Waals surface area (Å²) in [7, 11) is -4.60. The maximum Gasteiger partial charge on any atom is 0.449 e. The third kappa shape index (κ3) is 8.71. The molecule has 0 aromatic heterocycles. The number of alkyl halides is 3. The predicted octanol–water partition coefficient (Wildman–Crippen LogP) is 3.76. The van der Waals surface area contributed by atoms with Gasteiger partial charge in [-0.05, 0) is 12.0 Å². The van der Waals surface area contributed by atoms with Gasteiger partial charge >= 0.3 is 22.5 Å². The van der Waals surface area contributed by atoms with Crippen LogP contribution < -0.4 is 9.50 Å². The summed E-state index contributed by atoms with van der Waals surface area (Å²) < 4.78 is 85.3. The third-order valence-corrected chi connectivity index (χ3v) is 4.45. The Balaban J connectivity index is 3.01. The average Bonchev–Trinajstić information content (AvgIpc) is 2.55. The number of carbonyl (C=O) groups excluding carboxylic acids is 1. The van der Waals surface area contributed by atoms with Gasteiger partial charge in [-0.1, -0.05) is 25.4 Å². The number of amides is 1. The van der Waals surface area contributed by atoms with Crippen LogP contribution in [0, 0.1) is 17.7 Å². The van der Waals surface area contributed by atoms with Gasteiger partial charge in [0.1, 0.15) is 5.82 Å². The van der Waals surface area contributed by atoms with E-state index in [1.807, 2.05) is 5.32 Å². The van der Waals surface area contributed by atoms with Gasteiger partial charge < -0.3 is 14.6 Å². The Bertz CT molecular complexity index is 890. The van der Waals surface area contributed by atoms with Crippen molar-refractivity contribution in [1.82, 2.24) is 0 Å². The number of nitrogens with one attached hydrogen (secondary N) is 1. The maximum absolute atomic E-state index is 14.0. The monoisotopic (exact) mass is 479 g/mol. The van der Waals surface area contributed by atoms with Gasteiger partial charge in [0, 0.05) is 12.5 Å². The Kier molecular flexibility index (Phi) is 8.87. The molecule has 0 aliphatic heterocycles. The second kappa shape index (κ2) is 10.3. The van der Waals surface area contributed by atoms with Crippen LogP contribution in [-0.4, -0.2) is 38.2 Å². The predicted molar refractivity (Wildman–Crippen MR) is 96.8 cm³/mol. The van der Waals surface area contributed by atoms with Gasteiger partial charge in [0.2, 0.25) is 5.91 Å². The summed E-state index contributed by atoms with van der Waals surface area (Å²) in [5.41, 5.74) is -0.727. The number of carbonyl (C=O) groups is 2. The number of benzene rings is 1. The number of carboxylic acid groups (broad SMARTS) is 1. The van der Waals surface area contributed by atoms with Crippen LogP contribution >= 0.6 is 11.6 Å². The summed E-state index contributed by atoms with van der Waals surface area (Å²) in [6, 6.07) is 1.22. The number of halogens is 5. The molecule has 1 unspecified atom stereocenters. The molecule has 2 N–H and O–H groups in total. The highest BCUT2D eigenvalue weighted by Gasteiger charge is 2.42. The molecule has 0 radical (unpaired) electrons. The van der Waals surface area contributed by atoms with E-state index in [9.17, 15) is 35.6 Å². The van der Waals surface area contributed by atoms with Crippen LogP contribution in [0.4, 0.5) is 23.2 Å². The van der Waals surface area contributed by atoms with Crippen LogP contribution in [0.3, 0.4) is 0 Å². The average molecular weight is 480 g/mol. The Morgan fingerprint density at radius 2 is 1.83 bits per heavy atom. The van der Waals surface area contributed by atoms with E-state index in [-0.39, 0.29) is 12.5 Å². The molecule has 1 rings (SSSR count). The normalized spacial score (nSPS) is 13.2. The van der Waals surface area contributed by atoms with Crippen LogP contribution in [0.5, 0.6) is 5.75 Å². The number of aliphatic carboxylic acids is 1. The van der Waals surface area contributed by atoms with Crippen molar-refractivity contribution < 1.29 is 49.0 Å². The number of carboxylic acids is 1. The summed E-state index contributed by atoms with van der Waals surface area (Å²) in [5.74, 6) is -7.65. The number of rotatable bonds is 10. The molecule has 1 amide bonds. The molecule has 1 atom stereocenters. The summed E-state index contributed by atoms with van der Waals surface area (Å²) in [6.45, 7) is 3.09. The molecule has 14 heteroatoms. The number of hydrogen-bond donors (Lipinski definition) is 2. The molecule has 1 aromatic rings. The smallest absolute Gasteiger partial charge is 0.449 e. The second-order valence-electron chi connectivity index (χ2n) is 6.52. The van der Waals surface area contributed by atoms with Gasteiger partial charge in [-0.3, -0.25) is 9.59 Å². The van der Waals surface area contributed by atoms with Crippen molar-refractivity contribution in [3.05, 3.63) is 23.0 Å². The first-order chi connectivity index (χ1) is 13.6. The molecule has 0 saturated carbocycles. The zero-order valence-electron chi connectivity index (χ0n) is 15.6. The van der Waals surface area contributed by atoms with Gasteiger partial charge in [0.05, 0.1) is 29.7 Å². The molecule has 0 aliphatic carbocycles. The van der Waals surface area contributed by atoms with E-state index in [2.05, 4.69) is 8.37 Å². The van der Waals surface area contributed by atoms with Crippen molar-refractivity contribution in [2.24, 2.45) is 11.8 Å². The molecular weight excluding hydrogens is 462 g/mol. The molecule has 0 heterocycles. The third-order valence-electron chi connectivity index (χ3n) is 3.35. The zero-order valence-corrected chi connectivity index (χ0v) is 17.2. The molecular formula is C16H18ClF4NO7S. The molecule has 0 spiro atoms. The van der Waals surface area contributed by atoms with E-state index in [1.54, 1.807) is 13.8 Å². The Hall–Kier alpha value is -2.12. The largest absolute Gasteiger partial charge is 0.481 e. The number of anilines is 1. The molecule has 0 aliphatic rings. The highest BCUT2D eigenvalue weighted by Crippen LogP contribution is 2.34. The molecule has 1 aromatic carbocycles. The van der Waals surface area contributed by atoms with Gasteiger partial charge in [-0.15, -0.1) is 0 Å². The topological polar surface area (TPSA) is 119 Å². The first-order valence-electron chi connectivity index (χ1n) is 8.27. The van der Waals surface area contributed by atoms with Crippen molar-refractivity contribution in [1.29, 1.82) is 0 Å². The van der Waals surface area contributed by atoms with Crippen LogP contribution in [-0.2, 0) is 24.2 Å². The maximum atomic E-state index is 14.0. The van der Waals surface area contributed by atoms with E-state index in [4.69, 9.17) is 16.7 Å². The molecule has 30 heavy (non-hydrogen) atoms. The van der Waals surface area contributed by atoms with E-state index >= 15 is 0 Å². The Morgan fingerprint density at radius 1 is 1.23 bits per heavy atom. The van der Waals surface area contributed by atoms with Crippen molar-refractivity contribution >= 4 is 39.6 Å². The first kappa shape index (κ1) is 25.9. The summed E-state index contributed by atoms with van der Waals surface area (Å²) >= 11 is 5.70. The number of hydrogen-bond acceptors (Lipinski definition) is 6. The summed E-state index contributed by atoms with van der Waals surface area (Å²) in [4.78, 5) is 22.4. The standard InChI is InChI=1S/C16H18ClF4NO7S/c1-8(2)7-28-30(26,27)29-13-6-12(11(18)5-10(13)17)22-14(23)3-9(4-15(24)25)16(19,20)21/h5-6,8-9H,3-4,7H2,1-2H3,(H,22,23)(H,24,25). The lowest BCUT2D eigenvalue weighted by atomic mass is 10.0. The van der Waals surface area contributed by atoms with E-state index in [0.717, 1.165) is 0 Å². The Morgan fingerprint density at radius 3 is 2.33 bits per heavy atom. The van der Waals surface area contributed by atoms with Gasteiger partial charge in [-0.2, -0.15) is 21.6 Å². The summed E-state index contributed by atoms with van der Waals surface area (Å²) in [6.07, 6.45) is -7.64. The summed E-state index contributed by atoms with van der Waals surface area (Å²) in [5, 5.41) is 9.85. The fraction of sp³-hybridized carbons (Fsp3) is 0.500. The lowest BCUT2D eigenvalue weighted by Crippen LogP contribution is -2.30. The lowest BCUT2D eigenvalue weighted by Gasteiger charge is -2.18. The zero-order chi connectivity index (χ0) is 23.3. The van der Waals surface area contributed by atoms with Crippen LogP contribution in [0.1, 0.15) is 26.7 Å². The highest BCUT2D eigenvalue weighted by atomic mass is 35.5. The van der Waals surface area contributed by atoms with Crippen LogP contribution in [0.2, 0.25) is 5.02 Å². The van der Waals surface area contributed by atoms with Gasteiger partial charge in [0.25, 0.3) is 0 Å². The minimum atomic E-state index is -4.98. The molecule has 8 nitrogen and oxygen atoms in total. The lowest BCUT2D eigenvalue weighted by molar-refractivity contribution is -0.185. The van der Waals surface area contributed by atoms with E-state index < -0.39 is 69.5 Å². The minimum Gasteiger partial charge on any atom is -0.481 e. The first-order valence-corrected chi connectivity index (χ1v) is 9.98. The highest BCUT2D eigenvalue weighted by molar-refractivity contribution is 7.82. The van der Waals surface area contributed by atoms with Crippen LogP contribution in [0.25, 0.3) is 0 Å². The van der Waals surface area contributed by atoms with Crippen LogP contribution in [0.15, 0.2) is 12.1 Å². The quantitative estimate of drug-likeness (QED) is 0.490. The SMILES string of the molecule is CC(C)COS(=O)(=O)Oc1cc(NC(=O)CC(CC(=O)O)C(F)(F)F)c(F)cc1Cl. The minimum absolute atomic E-state index is 0.172. The fourth-order valence-electron chi connectivity index (χ4n) is 1.98. The van der Waals surface area contributed by atoms with Crippen molar-refractivity contribution in [2.45, 2.75) is 32.9 Å². The molecule has 0 saturated heterocycles. The van der Waals surface area contributed by atoms with Gasteiger partial charge in [-0.25, -0.2) is 8.57 Å². The van der Waals surface area contributed by atoms with Crippen molar-refractivity contribution in [3.63, 3.8) is 0 Å². The second-order valence-corrected chi connectivity index (χ2v) is 8.15. The van der Waals surface area contributed by atoms with E-state index in [1.165, 1.54) is 0 Å². The molecule has 0 bridgehead atoms. The van der Waals surface area contributed by atoms with Gasteiger partial charge in [0.15, 0.2) is 5.75 Å². The Labute approximate surface area is 174 Å². The van der Waals surface area contributed by atoms with E-state index in [0.29, 0.717) is 12.1 Å². The van der Waals surface area contributed by atoms with Crippen molar-refractivity contribution in [3.8, 4) is 5.75 Å². The van der Waals surface area contributed by atoms with Crippen molar-refractivity contribution in [2.75, 3.05) is 11.9 Å². The fourth-order valence-corrected chi connectivity index (χ4v) is 3.06. The molecule has 0 fully saturated rings.